The molecule has 0 saturated heterocycles. The third-order valence-corrected chi connectivity index (χ3v) is 4.68. The van der Waals surface area contributed by atoms with Crippen molar-refractivity contribution in [1.82, 2.24) is 0 Å². The van der Waals surface area contributed by atoms with Crippen LogP contribution in [0, 0.1) is 6.92 Å². The molecule has 24 heavy (non-hydrogen) atoms. The smallest absolute Gasteiger partial charge is 0.286 e. The van der Waals surface area contributed by atoms with Gasteiger partial charge in [0, 0.05) is 10.0 Å². The highest BCUT2D eigenvalue weighted by molar-refractivity contribution is 9.10. The van der Waals surface area contributed by atoms with Gasteiger partial charge in [-0.15, -0.1) is 0 Å². The summed E-state index contributed by atoms with van der Waals surface area (Å²) in [5.41, 5.74) is 8.68. The molecule has 0 radical (unpaired) electrons. The molecule has 1 aliphatic heterocycles. The molecule has 4 nitrogen and oxygen atoms in total. The van der Waals surface area contributed by atoms with Crippen LogP contribution in [0.5, 0.6) is 5.75 Å². The first-order chi connectivity index (χ1) is 11.5. The van der Waals surface area contributed by atoms with Crippen molar-refractivity contribution in [2.45, 2.75) is 13.5 Å². The van der Waals surface area contributed by atoms with Crippen molar-refractivity contribution >= 4 is 44.8 Å². The van der Waals surface area contributed by atoms with Gasteiger partial charge in [-0.1, -0.05) is 45.8 Å². The van der Waals surface area contributed by atoms with Gasteiger partial charge in [-0.2, -0.15) is 4.99 Å². The van der Waals surface area contributed by atoms with E-state index in [4.69, 9.17) is 10.5 Å². The average Bonchev–Trinajstić information content (AvgIpc) is 2.84. The molecule has 0 aliphatic carbocycles. The molecule has 1 amide bonds. The minimum Gasteiger partial charge on any atom is -0.488 e. The van der Waals surface area contributed by atoms with E-state index in [1.807, 2.05) is 43.3 Å². The average molecular weight is 403 g/mol. The van der Waals surface area contributed by atoms with E-state index < -0.39 is 0 Å². The SMILES string of the molecule is Cc1cccc(COc2ccc(Br)cc2/C=C2\SC(N)=NC2=O)c1. The molecule has 0 aromatic heterocycles. The molecule has 0 unspecified atom stereocenters. The lowest BCUT2D eigenvalue weighted by molar-refractivity contribution is -0.113. The van der Waals surface area contributed by atoms with E-state index >= 15 is 0 Å². The predicted octanol–water partition coefficient (Wildman–Crippen LogP) is 4.27. The van der Waals surface area contributed by atoms with Crippen molar-refractivity contribution < 1.29 is 9.53 Å². The number of hydrogen-bond donors (Lipinski definition) is 1. The third-order valence-electron chi connectivity index (χ3n) is 3.37. The Hall–Kier alpha value is -2.05. The summed E-state index contributed by atoms with van der Waals surface area (Å²) in [6, 6.07) is 13.8. The number of rotatable bonds is 4. The number of thioether (sulfide) groups is 1. The largest absolute Gasteiger partial charge is 0.488 e. The molecule has 2 aromatic carbocycles. The molecule has 6 heteroatoms. The summed E-state index contributed by atoms with van der Waals surface area (Å²) in [7, 11) is 0. The number of benzene rings is 2. The lowest BCUT2D eigenvalue weighted by Gasteiger charge is -2.11. The van der Waals surface area contributed by atoms with E-state index in [9.17, 15) is 4.79 Å². The molecular formula is C18H15BrN2O2S. The summed E-state index contributed by atoms with van der Waals surface area (Å²) in [5.74, 6) is 0.383. The highest BCUT2D eigenvalue weighted by Gasteiger charge is 2.20. The fraction of sp³-hybridized carbons (Fsp3) is 0.111. The van der Waals surface area contributed by atoms with Crippen LogP contribution in [0.25, 0.3) is 6.08 Å². The molecule has 0 atom stereocenters. The lowest BCUT2D eigenvalue weighted by atomic mass is 10.1. The lowest BCUT2D eigenvalue weighted by Crippen LogP contribution is -2.01. The normalized spacial score (nSPS) is 15.7. The number of carbonyl (C=O) groups excluding carboxylic acids is 1. The topological polar surface area (TPSA) is 64.7 Å². The minimum absolute atomic E-state index is 0.267. The Kier molecular flexibility index (Phi) is 5.06. The first-order valence-electron chi connectivity index (χ1n) is 7.27. The van der Waals surface area contributed by atoms with Crippen molar-refractivity contribution in [1.29, 1.82) is 0 Å². The molecule has 0 fully saturated rings. The summed E-state index contributed by atoms with van der Waals surface area (Å²) in [4.78, 5) is 16.0. The van der Waals surface area contributed by atoms with E-state index in [1.165, 1.54) is 17.3 Å². The summed E-state index contributed by atoms with van der Waals surface area (Å²) in [5, 5.41) is 0.267. The van der Waals surface area contributed by atoms with Crippen LogP contribution in [0.3, 0.4) is 0 Å². The highest BCUT2D eigenvalue weighted by atomic mass is 79.9. The van der Waals surface area contributed by atoms with Gasteiger partial charge in [-0.3, -0.25) is 4.79 Å². The number of aliphatic imine (C=N–C) groups is 1. The van der Waals surface area contributed by atoms with E-state index in [-0.39, 0.29) is 11.1 Å². The van der Waals surface area contributed by atoms with Crippen molar-refractivity contribution in [3.63, 3.8) is 0 Å². The maximum absolute atomic E-state index is 11.8. The van der Waals surface area contributed by atoms with Gasteiger partial charge >= 0.3 is 0 Å². The quantitative estimate of drug-likeness (QED) is 0.775. The molecule has 3 rings (SSSR count). The van der Waals surface area contributed by atoms with E-state index in [0.29, 0.717) is 17.3 Å². The number of amidine groups is 1. The van der Waals surface area contributed by atoms with Crippen LogP contribution in [0.1, 0.15) is 16.7 Å². The summed E-state index contributed by atoms with van der Waals surface area (Å²) >= 11 is 4.62. The van der Waals surface area contributed by atoms with Crippen LogP contribution in [-0.2, 0) is 11.4 Å². The fourth-order valence-electron chi connectivity index (χ4n) is 2.29. The maximum Gasteiger partial charge on any atom is 0.286 e. The van der Waals surface area contributed by atoms with Gasteiger partial charge in [0.2, 0.25) is 0 Å². The van der Waals surface area contributed by atoms with Crippen molar-refractivity contribution in [3.05, 3.63) is 68.5 Å². The van der Waals surface area contributed by atoms with Gasteiger partial charge in [0.05, 0.1) is 4.91 Å². The van der Waals surface area contributed by atoms with Crippen molar-refractivity contribution in [2.75, 3.05) is 0 Å². The third kappa shape index (κ3) is 4.07. The minimum atomic E-state index is -0.317. The molecule has 0 spiro atoms. The number of ether oxygens (including phenoxy) is 1. The Labute approximate surface area is 152 Å². The van der Waals surface area contributed by atoms with Crippen LogP contribution in [0.2, 0.25) is 0 Å². The van der Waals surface area contributed by atoms with E-state index in [0.717, 1.165) is 15.6 Å². The van der Waals surface area contributed by atoms with Crippen LogP contribution in [-0.4, -0.2) is 11.1 Å². The second kappa shape index (κ2) is 7.23. The zero-order valence-electron chi connectivity index (χ0n) is 13.0. The van der Waals surface area contributed by atoms with Gasteiger partial charge in [-0.05, 0) is 48.5 Å². The highest BCUT2D eigenvalue weighted by Crippen LogP contribution is 2.31. The number of nitrogens with two attached hydrogens (primary N) is 1. The van der Waals surface area contributed by atoms with Crippen LogP contribution in [0.15, 0.2) is 56.8 Å². The van der Waals surface area contributed by atoms with Gasteiger partial charge in [0.15, 0.2) is 5.17 Å². The number of halogens is 1. The Bertz CT molecular complexity index is 862. The standard InChI is InChI=1S/C18H15BrN2O2S/c1-11-3-2-4-12(7-11)10-23-15-6-5-14(19)8-13(15)9-16-17(22)21-18(20)24-16/h2-9H,10H2,1H3,(H2,20,21,22)/b16-9-. The van der Waals surface area contributed by atoms with Crippen molar-refractivity contribution in [2.24, 2.45) is 10.7 Å². The Morgan fingerprint density at radius 3 is 2.83 bits per heavy atom. The number of nitrogens with zero attached hydrogens (tertiary/aromatic N) is 1. The molecule has 2 aromatic rings. The predicted molar refractivity (Wildman–Crippen MR) is 102 cm³/mol. The Morgan fingerprint density at radius 2 is 2.12 bits per heavy atom. The molecule has 0 saturated carbocycles. The van der Waals surface area contributed by atoms with Gasteiger partial charge in [0.25, 0.3) is 5.91 Å². The number of carbonyl (C=O) groups is 1. The molecule has 2 N–H and O–H groups in total. The summed E-state index contributed by atoms with van der Waals surface area (Å²) in [6.07, 6.45) is 1.76. The molecule has 122 valence electrons. The zero-order valence-corrected chi connectivity index (χ0v) is 15.4. The second-order valence-electron chi connectivity index (χ2n) is 5.33. The van der Waals surface area contributed by atoms with Gasteiger partial charge in [-0.25, -0.2) is 0 Å². The Balaban J connectivity index is 1.84. The number of amides is 1. The van der Waals surface area contributed by atoms with E-state index in [1.54, 1.807) is 6.08 Å². The maximum atomic E-state index is 11.8. The monoisotopic (exact) mass is 402 g/mol. The Morgan fingerprint density at radius 1 is 1.29 bits per heavy atom. The molecule has 1 heterocycles. The van der Waals surface area contributed by atoms with Crippen LogP contribution >= 0.6 is 27.7 Å². The zero-order chi connectivity index (χ0) is 17.1. The van der Waals surface area contributed by atoms with Crippen LogP contribution in [0.4, 0.5) is 0 Å². The second-order valence-corrected chi connectivity index (χ2v) is 7.30. The van der Waals surface area contributed by atoms with Crippen molar-refractivity contribution in [3.8, 4) is 5.75 Å². The van der Waals surface area contributed by atoms with E-state index in [2.05, 4.69) is 27.0 Å². The first-order valence-corrected chi connectivity index (χ1v) is 8.88. The summed E-state index contributed by atoms with van der Waals surface area (Å²) < 4.78 is 6.86. The van der Waals surface area contributed by atoms with Gasteiger partial charge < -0.3 is 10.5 Å². The summed E-state index contributed by atoms with van der Waals surface area (Å²) in [6.45, 7) is 2.51. The van der Waals surface area contributed by atoms with Crippen LogP contribution < -0.4 is 10.5 Å². The number of aryl methyl sites for hydroxylation is 1. The van der Waals surface area contributed by atoms with Gasteiger partial charge in [0.1, 0.15) is 12.4 Å². The molecular weight excluding hydrogens is 388 g/mol. The first kappa shape index (κ1) is 16.8. The molecule has 1 aliphatic rings. The fourth-order valence-corrected chi connectivity index (χ4v) is 3.34. The number of hydrogen-bond acceptors (Lipinski definition) is 4. The molecule has 0 bridgehead atoms.